The summed E-state index contributed by atoms with van der Waals surface area (Å²) in [7, 11) is 0. The summed E-state index contributed by atoms with van der Waals surface area (Å²) in [4.78, 5) is 0. The summed E-state index contributed by atoms with van der Waals surface area (Å²) in [6, 6.07) is 0.938. The predicted octanol–water partition coefficient (Wildman–Crippen LogP) is 6.15. The van der Waals surface area contributed by atoms with Crippen LogP contribution >= 0.6 is 34.8 Å². The first-order valence-electron chi connectivity index (χ1n) is 5.74. The van der Waals surface area contributed by atoms with E-state index in [4.69, 9.17) is 44.9 Å². The molecule has 0 aromatic heterocycles. The van der Waals surface area contributed by atoms with Crippen LogP contribution in [-0.4, -0.2) is 9.69 Å². The zero-order chi connectivity index (χ0) is 18.2. The molecule has 0 radical (unpaired) electrons. The summed E-state index contributed by atoms with van der Waals surface area (Å²) in [5.41, 5.74) is -3.47. The number of hydrogen-bond donors (Lipinski definition) is 1. The van der Waals surface area contributed by atoms with E-state index in [1.807, 2.05) is 0 Å². The average molecular weight is 403 g/mol. The van der Waals surface area contributed by atoms with Gasteiger partial charge in [0.25, 0.3) is 3.79 Å². The van der Waals surface area contributed by atoms with Crippen LogP contribution in [0.25, 0.3) is 0 Å². The molecule has 0 saturated carbocycles. The molecule has 0 heterocycles. The number of rotatable bonds is 2. The van der Waals surface area contributed by atoms with Gasteiger partial charge in [-0.3, -0.25) is 5.41 Å². The van der Waals surface area contributed by atoms with Crippen LogP contribution in [0.3, 0.4) is 0 Å². The summed E-state index contributed by atoms with van der Waals surface area (Å²) >= 11 is 16.0. The number of benzene rings is 1. The highest BCUT2D eigenvalue weighted by atomic mass is 35.6. The van der Waals surface area contributed by atoms with Gasteiger partial charge in [0.05, 0.1) is 11.1 Å². The highest BCUT2D eigenvalue weighted by molar-refractivity contribution is 6.76. The molecule has 130 valence electrons. The van der Waals surface area contributed by atoms with Gasteiger partial charge >= 0.3 is 12.4 Å². The van der Waals surface area contributed by atoms with Crippen LogP contribution in [0.4, 0.5) is 26.3 Å². The van der Waals surface area contributed by atoms with Crippen molar-refractivity contribution in [2.75, 3.05) is 0 Å². The third-order valence-electron chi connectivity index (χ3n) is 2.63. The molecule has 0 amide bonds. The van der Waals surface area contributed by atoms with Gasteiger partial charge in [-0.2, -0.15) is 26.3 Å². The van der Waals surface area contributed by atoms with E-state index in [2.05, 4.69) is 0 Å². The van der Waals surface area contributed by atoms with E-state index in [9.17, 15) is 26.3 Å². The van der Waals surface area contributed by atoms with Crippen LogP contribution in [0, 0.1) is 5.41 Å². The van der Waals surface area contributed by atoms with Crippen molar-refractivity contribution >= 4 is 40.7 Å². The Morgan fingerprint density at radius 3 is 1.65 bits per heavy atom. The molecule has 0 spiro atoms. The van der Waals surface area contributed by atoms with Gasteiger partial charge < -0.3 is 4.74 Å². The van der Waals surface area contributed by atoms with E-state index in [1.54, 1.807) is 0 Å². The highest BCUT2D eigenvalue weighted by Crippen LogP contribution is 2.38. The molecule has 23 heavy (non-hydrogen) atoms. The Labute approximate surface area is 141 Å². The van der Waals surface area contributed by atoms with E-state index in [-0.39, 0.29) is 6.07 Å². The van der Waals surface area contributed by atoms with Crippen LogP contribution < -0.4 is 0 Å². The van der Waals surface area contributed by atoms with Gasteiger partial charge in [-0.15, -0.1) is 0 Å². The first-order valence-corrected chi connectivity index (χ1v) is 6.87. The molecule has 0 aliphatic carbocycles. The molecular formula is C12H8Cl3F6NO. The zero-order valence-corrected chi connectivity index (χ0v) is 13.4. The fourth-order valence-corrected chi connectivity index (χ4v) is 1.66. The summed E-state index contributed by atoms with van der Waals surface area (Å²) in [5, 5.41) is 7.31. The fourth-order valence-electron chi connectivity index (χ4n) is 1.53. The third kappa shape index (κ3) is 5.61. The van der Waals surface area contributed by atoms with Crippen LogP contribution in [0.15, 0.2) is 18.2 Å². The van der Waals surface area contributed by atoms with Crippen molar-refractivity contribution in [1.29, 1.82) is 5.41 Å². The quantitative estimate of drug-likeness (QED) is 0.274. The number of halogens is 9. The van der Waals surface area contributed by atoms with Crippen LogP contribution in [0.1, 0.15) is 29.7 Å². The predicted molar refractivity (Wildman–Crippen MR) is 74.0 cm³/mol. The van der Waals surface area contributed by atoms with Crippen LogP contribution in [-0.2, 0) is 17.1 Å². The van der Waals surface area contributed by atoms with Crippen molar-refractivity contribution in [3.63, 3.8) is 0 Å². The summed E-state index contributed by atoms with van der Waals surface area (Å²) in [6.07, 6.45) is -11.3. The van der Waals surface area contributed by atoms with Crippen molar-refractivity contribution in [2.45, 2.75) is 29.2 Å². The lowest BCUT2D eigenvalue weighted by Gasteiger charge is -2.21. The molecule has 1 N–H and O–H groups in total. The van der Waals surface area contributed by atoms with Gasteiger partial charge in [-0.1, -0.05) is 34.8 Å². The van der Waals surface area contributed by atoms with E-state index < -0.39 is 44.8 Å². The zero-order valence-electron chi connectivity index (χ0n) is 11.1. The van der Waals surface area contributed by atoms with Crippen LogP contribution in [0.2, 0.25) is 0 Å². The number of ether oxygens (including phenoxy) is 1. The number of alkyl halides is 9. The topological polar surface area (TPSA) is 33.1 Å². The maximum absolute atomic E-state index is 12.7. The lowest BCUT2D eigenvalue weighted by Crippen LogP contribution is -2.23. The maximum atomic E-state index is 12.7. The molecule has 2 nitrogen and oxygen atoms in total. The van der Waals surface area contributed by atoms with Gasteiger partial charge in [-0.25, -0.2) is 0 Å². The van der Waals surface area contributed by atoms with Crippen molar-refractivity contribution in [3.05, 3.63) is 34.9 Å². The lowest BCUT2D eigenvalue weighted by molar-refractivity contribution is -0.143. The largest absolute Gasteiger partial charge is 0.470 e. The van der Waals surface area contributed by atoms with Gasteiger partial charge in [-0.05, 0) is 30.7 Å². The molecule has 1 atom stereocenters. The maximum Gasteiger partial charge on any atom is 0.416 e. The molecule has 1 rings (SSSR count). The van der Waals surface area contributed by atoms with E-state index in [1.165, 1.54) is 0 Å². The average Bonchev–Trinajstić information content (AvgIpc) is 2.34. The molecule has 0 saturated heterocycles. The first kappa shape index (κ1) is 20.2. The third-order valence-corrected chi connectivity index (χ3v) is 3.15. The minimum absolute atomic E-state index is 0.0174. The summed E-state index contributed by atoms with van der Waals surface area (Å²) in [6.45, 7) is 1.13. The molecule has 0 aliphatic rings. The first-order chi connectivity index (χ1) is 10.1. The van der Waals surface area contributed by atoms with Crippen molar-refractivity contribution < 1.29 is 31.1 Å². The van der Waals surface area contributed by atoms with E-state index in [0.717, 1.165) is 6.92 Å². The number of nitrogens with one attached hydrogen (secondary N) is 1. The molecule has 1 aromatic rings. The van der Waals surface area contributed by atoms with Crippen LogP contribution in [0.5, 0.6) is 0 Å². The second-order valence-electron chi connectivity index (χ2n) is 4.43. The second-order valence-corrected chi connectivity index (χ2v) is 6.71. The fraction of sp³-hybridized carbons (Fsp3) is 0.417. The Kier molecular flexibility index (Phi) is 5.76. The number of hydrogen-bond acceptors (Lipinski definition) is 2. The normalized spacial score (nSPS) is 14.5. The van der Waals surface area contributed by atoms with E-state index in [0.29, 0.717) is 12.1 Å². The Balaban J connectivity index is 3.27. The Morgan fingerprint density at radius 1 is 0.957 bits per heavy atom. The van der Waals surface area contributed by atoms with Crippen molar-refractivity contribution in [2.24, 2.45) is 0 Å². The smallest absolute Gasteiger partial charge is 0.416 e. The van der Waals surface area contributed by atoms with Gasteiger partial charge in [0.15, 0.2) is 0 Å². The van der Waals surface area contributed by atoms with Gasteiger partial charge in [0.1, 0.15) is 6.10 Å². The van der Waals surface area contributed by atoms with Gasteiger partial charge in [0.2, 0.25) is 5.90 Å². The summed E-state index contributed by atoms with van der Waals surface area (Å²) < 4.78 is 78.9. The Morgan fingerprint density at radius 2 is 1.35 bits per heavy atom. The minimum Gasteiger partial charge on any atom is -0.470 e. The molecule has 1 unspecified atom stereocenters. The lowest BCUT2D eigenvalue weighted by atomic mass is 10.0. The molecule has 0 fully saturated rings. The second kappa shape index (κ2) is 6.57. The van der Waals surface area contributed by atoms with Crippen molar-refractivity contribution in [3.8, 4) is 0 Å². The van der Waals surface area contributed by atoms with E-state index >= 15 is 0 Å². The Bertz CT molecular complexity index is 562. The molecular weight excluding hydrogens is 394 g/mol. The molecule has 0 aliphatic heterocycles. The standard InChI is InChI=1S/C12H8Cl3F6NO/c1-5(23-9(22)10(13,14)15)6-2-7(11(16,17)18)4-8(3-6)12(19,20)21/h2-5,22H,1H3. The molecule has 1 aromatic carbocycles. The highest BCUT2D eigenvalue weighted by Gasteiger charge is 2.38. The molecule has 11 heteroatoms. The Hall–Kier alpha value is -0.860. The SMILES string of the molecule is CC(OC(=N)C(Cl)(Cl)Cl)c1cc(C(F)(F)F)cc(C(F)(F)F)c1. The van der Waals surface area contributed by atoms with Crippen molar-refractivity contribution in [1.82, 2.24) is 0 Å². The summed E-state index contributed by atoms with van der Waals surface area (Å²) in [5.74, 6) is -0.930. The minimum atomic E-state index is -4.99. The monoisotopic (exact) mass is 401 g/mol. The van der Waals surface area contributed by atoms with Gasteiger partial charge in [0, 0.05) is 0 Å². The molecule has 0 bridgehead atoms.